The van der Waals surface area contributed by atoms with E-state index in [-0.39, 0.29) is 110 Å². The van der Waals surface area contributed by atoms with Crippen molar-refractivity contribution in [3.05, 3.63) is 184 Å². The molecule has 0 aliphatic carbocycles. The highest BCUT2D eigenvalue weighted by atomic mass is 79.9. The van der Waals surface area contributed by atoms with Gasteiger partial charge in [0, 0.05) is 5.33 Å². The molecule has 7 aromatic rings. The number of nitrogens with zero attached hydrogens (tertiary/aromatic N) is 21. The predicted octanol–water partition coefficient (Wildman–Crippen LogP) is 7.85. The number of rotatable bonds is 73. The smallest absolute Gasteiger partial charge is 0.146 e. The van der Waals surface area contributed by atoms with Crippen LogP contribution in [-0.2, 0) is 168 Å². The molecular weight excluding hydrogens is 1630 g/mol. The lowest BCUT2D eigenvalue weighted by Crippen LogP contribution is -2.43. The van der Waals surface area contributed by atoms with E-state index in [2.05, 4.69) is 194 Å². The molecule has 7 aromatic heterocycles. The van der Waals surface area contributed by atoms with Crippen molar-refractivity contribution in [3.8, 4) is 11.5 Å². The first-order valence-corrected chi connectivity index (χ1v) is 43.6. The van der Waals surface area contributed by atoms with Gasteiger partial charge in [-0.25, -0.2) is 32.8 Å². The lowest BCUT2D eigenvalue weighted by molar-refractivity contribution is -0.0228. The summed E-state index contributed by atoms with van der Waals surface area (Å²) in [5, 5.41) is 61.2. The van der Waals surface area contributed by atoms with Crippen LogP contribution in [-0.4, -0.2) is 280 Å². The van der Waals surface area contributed by atoms with Gasteiger partial charge in [0.1, 0.15) is 97.3 Å². The summed E-state index contributed by atoms with van der Waals surface area (Å²) in [6.07, 6.45) is 23.4. The number of hydrogen-bond donors (Lipinski definition) is 0. The van der Waals surface area contributed by atoms with E-state index in [1.807, 2.05) is 18.6 Å². The minimum absolute atomic E-state index is 0.107. The first-order valence-electron chi connectivity index (χ1n) is 40.2. The SMILES string of the molecule is C=CCO[C@H](COCC#C[Si](C(C)C)(C(C)C)C(C)C)Cn1cc(COC[C@@H](Cn2cc(COC[C@@H](Cn3cc(COC[C@@H](Cn4cc(COC[C@@H](Cn5cc(COC[C@@H](Cn6cc(COC[C@@H](Cn7cc(COC[C@H](CBr)OCC=C)nn7)OCC=C)nn6)OCC=C)nn5)OCC=C)nn4)OCC=C)nn3)OCC=C)nn2)OCC=C)nn1. The molecule has 0 amide bonds. The minimum atomic E-state index is -1.85. The van der Waals surface area contributed by atoms with Gasteiger partial charge in [-0.1, -0.05) is 148 Å². The molecule has 8 atom stereocenters. The van der Waals surface area contributed by atoms with Crippen molar-refractivity contribution in [1.82, 2.24) is 105 Å². The molecule has 0 radical (unpaired) electrons. The monoisotopic (exact) mass is 1750 g/mol. The first kappa shape index (κ1) is 98.6. The predicted molar refractivity (Wildman–Crippen MR) is 451 cm³/mol. The van der Waals surface area contributed by atoms with Gasteiger partial charge < -0.3 is 75.8 Å². The van der Waals surface area contributed by atoms with Crippen molar-refractivity contribution in [2.75, 3.05) is 118 Å². The molecule has 0 fully saturated rings. The molecule has 660 valence electrons. The average Bonchev–Trinajstić information content (AvgIpc) is 1.15. The highest BCUT2D eigenvalue weighted by molar-refractivity contribution is 9.09. The summed E-state index contributed by atoms with van der Waals surface area (Å²) >= 11 is 3.45. The average molecular weight is 1760 g/mol. The normalized spacial score (nSPS) is 13.9. The Morgan fingerprint density at radius 1 is 0.292 bits per heavy atom. The largest absolute Gasteiger partial charge is 0.372 e. The molecule has 0 aliphatic rings. The topological polar surface area (TPSA) is 363 Å². The zero-order chi connectivity index (χ0) is 85.8. The van der Waals surface area contributed by atoms with Crippen molar-refractivity contribution in [1.29, 1.82) is 0 Å². The highest BCUT2D eigenvalue weighted by Gasteiger charge is 2.42. The van der Waals surface area contributed by atoms with E-state index in [0.717, 1.165) is 0 Å². The van der Waals surface area contributed by atoms with Crippen LogP contribution in [0.15, 0.2) is 145 Å². The number of hydrogen-bond acceptors (Lipinski definition) is 30. The van der Waals surface area contributed by atoms with Crippen LogP contribution in [0.4, 0.5) is 0 Å². The van der Waals surface area contributed by atoms with Gasteiger partial charge in [-0.15, -0.1) is 93.9 Å². The Kier molecular flexibility index (Phi) is 47.5. The van der Waals surface area contributed by atoms with Gasteiger partial charge in [0.25, 0.3) is 0 Å². The van der Waals surface area contributed by atoms with Gasteiger partial charge in [0.05, 0.1) is 247 Å². The van der Waals surface area contributed by atoms with Gasteiger partial charge in [0.15, 0.2) is 0 Å². The van der Waals surface area contributed by atoms with Crippen molar-refractivity contribution >= 4 is 24.0 Å². The van der Waals surface area contributed by atoms with Gasteiger partial charge in [-0.2, -0.15) is 0 Å². The van der Waals surface area contributed by atoms with Crippen LogP contribution in [0.1, 0.15) is 81.4 Å². The summed E-state index contributed by atoms with van der Waals surface area (Å²) in [5.74, 6) is 3.37. The lowest BCUT2D eigenvalue weighted by atomic mass is 10.3. The molecule has 0 aliphatic heterocycles. The van der Waals surface area contributed by atoms with E-state index in [0.29, 0.717) is 180 Å². The molecule has 0 saturated heterocycles. The molecule has 7 heterocycles. The van der Waals surface area contributed by atoms with Crippen LogP contribution < -0.4 is 0 Å². The Balaban J connectivity index is 0.785. The maximum atomic E-state index is 6.12. The number of ether oxygens (including phenoxy) is 16. The van der Waals surface area contributed by atoms with Gasteiger partial charge in [-0.05, 0) is 16.6 Å². The lowest BCUT2D eigenvalue weighted by Gasteiger charge is -2.38. The summed E-state index contributed by atoms with van der Waals surface area (Å²) in [6, 6.07) is 0. The summed E-state index contributed by atoms with van der Waals surface area (Å²) in [4.78, 5) is 0. The fourth-order valence-electron chi connectivity index (χ4n) is 12.7. The second-order valence-corrected chi connectivity index (χ2v) is 35.2. The maximum absolute atomic E-state index is 6.12. The Bertz CT molecular complexity index is 4060. The fraction of sp³-hybridized carbons (Fsp3) is 0.605. The van der Waals surface area contributed by atoms with Crippen molar-refractivity contribution in [3.63, 3.8) is 0 Å². The molecule has 39 heteroatoms. The van der Waals surface area contributed by atoms with E-state index in [1.165, 1.54) is 0 Å². The zero-order valence-corrected chi connectivity index (χ0v) is 73.2. The molecule has 0 unspecified atom stereocenters. The molecule has 0 spiro atoms. The van der Waals surface area contributed by atoms with E-state index in [9.17, 15) is 0 Å². The molecule has 0 N–H and O–H groups in total. The maximum Gasteiger partial charge on any atom is 0.146 e. The summed E-state index contributed by atoms with van der Waals surface area (Å²) in [5.41, 5.74) is 9.73. The second kappa shape index (κ2) is 57.7. The standard InChI is InChI=1S/C81H124BrN21O16Si/c1-15-24-112-74(34-82)56-105-49-67-35-98(91-83-67)43-76(114-26-17-3)58-107-51-69-37-100(93-85-69)45-78(116-28-19-5)60-109-53-71-39-102(95-87-71)47-80(118-30-21-7)62-111-55-73-41-103(96-89-73)48-81(119-31-22-8)63-110-54-72-40-101(94-88-72)46-79(117-29-20-6)61-108-52-70-38-99(92-86-70)44-77(115-27-18-4)59-106-50-68-36-97(90-84-68)42-75(113-25-16-2)57-104-32-23-33-120(64(9)10,65(11)12)66(13)14/h15-22,35-41,64-66,74-81H,1-8,24-32,34,42-63H2,9-14H3/t74-,75-,76+,77+,78+,79+,80+,81+/m0/s1. The Morgan fingerprint density at radius 3 is 0.642 bits per heavy atom. The molecule has 0 bridgehead atoms. The van der Waals surface area contributed by atoms with Gasteiger partial charge in [-0.3, -0.25) is 0 Å². The molecule has 0 aromatic carbocycles. The molecule has 37 nitrogen and oxygen atoms in total. The van der Waals surface area contributed by atoms with E-state index in [1.54, 1.807) is 106 Å². The molecule has 7 rings (SSSR count). The van der Waals surface area contributed by atoms with Crippen LogP contribution in [0.3, 0.4) is 0 Å². The quantitative estimate of drug-likeness (QED) is 0.0115. The Hall–Kier alpha value is -8.48. The van der Waals surface area contributed by atoms with Crippen LogP contribution in [0.25, 0.3) is 0 Å². The summed E-state index contributed by atoms with van der Waals surface area (Å²) in [6.45, 7) is 53.2. The number of halogens is 1. The van der Waals surface area contributed by atoms with E-state index in [4.69, 9.17) is 75.8 Å². The molecule has 0 saturated carbocycles. The zero-order valence-electron chi connectivity index (χ0n) is 70.6. The van der Waals surface area contributed by atoms with Crippen LogP contribution >= 0.6 is 15.9 Å². The highest BCUT2D eigenvalue weighted by Crippen LogP contribution is 2.40. The summed E-state index contributed by atoms with van der Waals surface area (Å²) in [7, 11) is -1.85. The van der Waals surface area contributed by atoms with Crippen molar-refractivity contribution in [2.24, 2.45) is 0 Å². The van der Waals surface area contributed by atoms with Crippen molar-refractivity contribution in [2.45, 2.75) is 199 Å². The van der Waals surface area contributed by atoms with Gasteiger partial charge in [0.2, 0.25) is 0 Å². The third kappa shape index (κ3) is 37.5. The Labute approximate surface area is 713 Å². The van der Waals surface area contributed by atoms with Crippen LogP contribution in [0, 0.1) is 11.5 Å². The molecule has 120 heavy (non-hydrogen) atoms. The van der Waals surface area contributed by atoms with Crippen LogP contribution in [0.5, 0.6) is 0 Å². The summed E-state index contributed by atoms with van der Waals surface area (Å²) < 4.78 is 108. The second-order valence-electron chi connectivity index (χ2n) is 28.9. The number of alkyl halides is 1. The van der Waals surface area contributed by atoms with E-state index >= 15 is 0 Å². The van der Waals surface area contributed by atoms with Gasteiger partial charge >= 0.3 is 0 Å². The number of aromatic nitrogens is 21. The van der Waals surface area contributed by atoms with Crippen molar-refractivity contribution < 1.29 is 75.8 Å². The third-order valence-corrected chi connectivity index (χ3v) is 25.2. The Morgan fingerprint density at radius 2 is 0.467 bits per heavy atom. The first-order chi connectivity index (χ1) is 58.5. The fourth-order valence-corrected chi connectivity index (χ4v) is 18.3. The minimum Gasteiger partial charge on any atom is -0.372 e. The third-order valence-electron chi connectivity index (χ3n) is 18.1. The molecular formula is C81H124BrN21O16Si. The van der Waals surface area contributed by atoms with E-state index < -0.39 is 32.5 Å². The van der Waals surface area contributed by atoms with Crippen LogP contribution in [0.2, 0.25) is 16.6 Å².